The maximum atomic E-state index is 12.0. The van der Waals surface area contributed by atoms with Crippen LogP contribution in [0.25, 0.3) is 0 Å². The van der Waals surface area contributed by atoms with Crippen molar-refractivity contribution >= 4 is 29.1 Å². The number of thioether (sulfide) groups is 1. The zero-order valence-electron chi connectivity index (χ0n) is 15.7. The van der Waals surface area contributed by atoms with E-state index >= 15 is 0 Å². The lowest BCUT2D eigenvalue weighted by atomic mass is 9.97. The summed E-state index contributed by atoms with van der Waals surface area (Å²) in [5.74, 6) is 1.62. The van der Waals surface area contributed by atoms with E-state index in [1.807, 2.05) is 29.2 Å². The highest BCUT2D eigenvalue weighted by Gasteiger charge is 2.19. The maximum Gasteiger partial charge on any atom is 0.314 e. The molecule has 27 heavy (non-hydrogen) atoms. The lowest BCUT2D eigenvalue weighted by Gasteiger charge is -2.31. The van der Waals surface area contributed by atoms with E-state index in [0.29, 0.717) is 5.92 Å². The van der Waals surface area contributed by atoms with Crippen molar-refractivity contribution in [2.45, 2.75) is 30.7 Å². The summed E-state index contributed by atoms with van der Waals surface area (Å²) in [6.07, 6.45) is 3.31. The molecule has 0 saturated carbocycles. The Morgan fingerprint density at radius 1 is 1.11 bits per heavy atom. The molecule has 1 aliphatic heterocycles. The van der Waals surface area contributed by atoms with E-state index in [2.05, 4.69) is 57.3 Å². The molecule has 6 heteroatoms. The van der Waals surface area contributed by atoms with Crippen molar-refractivity contribution in [1.29, 1.82) is 0 Å². The van der Waals surface area contributed by atoms with Crippen LogP contribution in [-0.4, -0.2) is 42.9 Å². The quantitative estimate of drug-likeness (QED) is 0.480. The van der Waals surface area contributed by atoms with E-state index in [-0.39, 0.29) is 6.03 Å². The predicted molar refractivity (Wildman–Crippen MR) is 116 cm³/mol. The average Bonchev–Trinajstić information content (AvgIpc) is 3.21. The SMILES string of the molecule is O=C(NCCCSc1ccccc1)NCC1CCN(Cc2cccs2)CC1. The third kappa shape index (κ3) is 7.56. The van der Waals surface area contributed by atoms with Gasteiger partial charge in [-0.1, -0.05) is 24.3 Å². The molecule has 0 atom stereocenters. The van der Waals surface area contributed by atoms with Gasteiger partial charge in [0.2, 0.25) is 0 Å². The molecule has 2 aromatic rings. The molecule has 3 rings (SSSR count). The van der Waals surface area contributed by atoms with Crippen molar-refractivity contribution < 1.29 is 4.79 Å². The highest BCUT2D eigenvalue weighted by atomic mass is 32.2. The summed E-state index contributed by atoms with van der Waals surface area (Å²) in [7, 11) is 0. The molecule has 2 N–H and O–H groups in total. The number of hydrogen-bond donors (Lipinski definition) is 2. The fraction of sp³-hybridized carbons (Fsp3) is 0.476. The third-order valence-electron chi connectivity index (χ3n) is 4.84. The largest absolute Gasteiger partial charge is 0.338 e. The van der Waals surface area contributed by atoms with E-state index in [1.165, 1.54) is 22.6 Å². The van der Waals surface area contributed by atoms with Gasteiger partial charge in [0, 0.05) is 29.4 Å². The van der Waals surface area contributed by atoms with E-state index in [4.69, 9.17) is 0 Å². The zero-order valence-corrected chi connectivity index (χ0v) is 17.4. The van der Waals surface area contributed by atoms with Gasteiger partial charge in [-0.2, -0.15) is 0 Å². The number of nitrogens with one attached hydrogen (secondary N) is 2. The molecular weight excluding hydrogens is 374 g/mol. The molecule has 2 heterocycles. The highest BCUT2D eigenvalue weighted by molar-refractivity contribution is 7.99. The van der Waals surface area contributed by atoms with Gasteiger partial charge in [0.25, 0.3) is 0 Å². The summed E-state index contributed by atoms with van der Waals surface area (Å²) in [6.45, 7) is 4.84. The van der Waals surface area contributed by atoms with Crippen LogP contribution in [0.2, 0.25) is 0 Å². The summed E-state index contributed by atoms with van der Waals surface area (Å²) in [5, 5.41) is 8.17. The van der Waals surface area contributed by atoms with Gasteiger partial charge in [0.05, 0.1) is 0 Å². The van der Waals surface area contributed by atoms with Crippen molar-refractivity contribution in [1.82, 2.24) is 15.5 Å². The van der Waals surface area contributed by atoms with Gasteiger partial charge < -0.3 is 10.6 Å². The molecule has 1 aliphatic rings. The summed E-state index contributed by atoms with van der Waals surface area (Å²) in [6, 6.07) is 14.7. The Bertz CT molecular complexity index is 655. The van der Waals surface area contributed by atoms with Crippen LogP contribution in [0, 0.1) is 5.92 Å². The number of nitrogens with zero attached hydrogens (tertiary/aromatic N) is 1. The summed E-state index contributed by atoms with van der Waals surface area (Å²) < 4.78 is 0. The van der Waals surface area contributed by atoms with Gasteiger partial charge in [-0.3, -0.25) is 4.90 Å². The van der Waals surface area contributed by atoms with Gasteiger partial charge in [0.15, 0.2) is 0 Å². The zero-order chi connectivity index (χ0) is 18.7. The molecule has 1 saturated heterocycles. The number of benzene rings is 1. The first-order valence-electron chi connectivity index (χ1n) is 9.74. The van der Waals surface area contributed by atoms with E-state index < -0.39 is 0 Å². The molecule has 0 unspecified atom stereocenters. The molecule has 4 nitrogen and oxygen atoms in total. The van der Waals surface area contributed by atoms with E-state index in [1.54, 1.807) is 0 Å². The van der Waals surface area contributed by atoms with Gasteiger partial charge >= 0.3 is 6.03 Å². The lowest BCUT2D eigenvalue weighted by Crippen LogP contribution is -2.42. The fourth-order valence-electron chi connectivity index (χ4n) is 3.25. The Hall–Kier alpha value is -1.50. The second-order valence-corrected chi connectivity index (χ2v) is 9.15. The number of hydrogen-bond acceptors (Lipinski definition) is 4. The number of amides is 2. The van der Waals surface area contributed by atoms with Crippen LogP contribution in [0.5, 0.6) is 0 Å². The Morgan fingerprint density at radius 2 is 1.93 bits per heavy atom. The number of urea groups is 1. The highest BCUT2D eigenvalue weighted by Crippen LogP contribution is 2.20. The Kier molecular flexibility index (Phi) is 8.52. The van der Waals surface area contributed by atoms with Crippen LogP contribution in [0.3, 0.4) is 0 Å². The van der Waals surface area contributed by atoms with Crippen molar-refractivity contribution in [3.8, 4) is 0 Å². The second kappa shape index (κ2) is 11.4. The molecule has 1 aromatic carbocycles. The lowest BCUT2D eigenvalue weighted by molar-refractivity contribution is 0.176. The first-order chi connectivity index (χ1) is 13.3. The Morgan fingerprint density at radius 3 is 2.67 bits per heavy atom. The summed E-state index contributed by atoms with van der Waals surface area (Å²) in [5.41, 5.74) is 0. The van der Waals surface area contributed by atoms with Crippen molar-refractivity contribution in [2.75, 3.05) is 31.9 Å². The van der Waals surface area contributed by atoms with Crippen molar-refractivity contribution in [3.63, 3.8) is 0 Å². The summed E-state index contributed by atoms with van der Waals surface area (Å²) >= 11 is 3.67. The first kappa shape index (κ1) is 20.2. The molecule has 1 aromatic heterocycles. The first-order valence-corrected chi connectivity index (χ1v) is 11.6. The molecule has 2 amide bonds. The molecule has 0 radical (unpaired) electrons. The molecular formula is C21H29N3OS2. The van der Waals surface area contributed by atoms with Crippen molar-refractivity contribution in [2.24, 2.45) is 5.92 Å². The number of carbonyl (C=O) groups is 1. The van der Waals surface area contributed by atoms with Crippen molar-refractivity contribution in [3.05, 3.63) is 52.7 Å². The third-order valence-corrected chi connectivity index (χ3v) is 6.80. The Balaban J connectivity index is 1.20. The smallest absolute Gasteiger partial charge is 0.314 e. The van der Waals surface area contributed by atoms with Crippen LogP contribution < -0.4 is 10.6 Å². The van der Waals surface area contributed by atoms with Crippen LogP contribution in [-0.2, 0) is 6.54 Å². The van der Waals surface area contributed by atoms with E-state index in [9.17, 15) is 4.79 Å². The van der Waals surface area contributed by atoms with Crippen LogP contribution in [0.4, 0.5) is 4.79 Å². The van der Waals surface area contributed by atoms with Gasteiger partial charge in [-0.25, -0.2) is 4.79 Å². The minimum Gasteiger partial charge on any atom is -0.338 e. The van der Waals surface area contributed by atoms with Crippen LogP contribution in [0.15, 0.2) is 52.7 Å². The molecule has 0 spiro atoms. The molecule has 0 aliphatic carbocycles. The standard InChI is InChI=1S/C21H29N3OS2/c25-21(22-11-5-15-26-19-6-2-1-3-7-19)23-16-18-9-12-24(13-10-18)17-20-8-4-14-27-20/h1-4,6-8,14,18H,5,9-13,15-17H2,(H2,22,23,25). The Labute approximate surface area is 170 Å². The normalized spacial score (nSPS) is 15.6. The van der Waals surface area contributed by atoms with Gasteiger partial charge in [-0.05, 0) is 67.6 Å². The van der Waals surface area contributed by atoms with Gasteiger partial charge in [-0.15, -0.1) is 23.1 Å². The topological polar surface area (TPSA) is 44.4 Å². The molecule has 1 fully saturated rings. The minimum absolute atomic E-state index is 0.0271. The number of piperidine rings is 1. The molecule has 146 valence electrons. The fourth-order valence-corrected chi connectivity index (χ4v) is 4.87. The number of carbonyl (C=O) groups excluding carboxylic acids is 1. The number of thiophene rings is 1. The second-order valence-electron chi connectivity index (χ2n) is 6.95. The minimum atomic E-state index is -0.0271. The monoisotopic (exact) mass is 403 g/mol. The number of rotatable bonds is 9. The molecule has 0 bridgehead atoms. The maximum absolute atomic E-state index is 12.0. The average molecular weight is 404 g/mol. The number of likely N-dealkylation sites (tertiary alicyclic amines) is 1. The summed E-state index contributed by atoms with van der Waals surface area (Å²) in [4.78, 5) is 17.2. The predicted octanol–water partition coefficient (Wildman–Crippen LogP) is 4.44. The van der Waals surface area contributed by atoms with Crippen LogP contribution in [0.1, 0.15) is 24.1 Å². The van der Waals surface area contributed by atoms with Crippen LogP contribution >= 0.6 is 23.1 Å². The van der Waals surface area contributed by atoms with E-state index in [0.717, 1.165) is 44.9 Å². The van der Waals surface area contributed by atoms with Gasteiger partial charge in [0.1, 0.15) is 0 Å².